The molecule has 2 aliphatic heterocycles. The van der Waals surface area contributed by atoms with Crippen LogP contribution in [0.25, 0.3) is 0 Å². The Morgan fingerprint density at radius 1 is 0.537 bits per heavy atom. The van der Waals surface area contributed by atoms with Crippen molar-refractivity contribution < 1.29 is 13.8 Å². The zero-order valence-corrected chi connectivity index (χ0v) is 36.1. The van der Waals surface area contributed by atoms with Gasteiger partial charge in [0.05, 0.1) is 12.1 Å². The van der Waals surface area contributed by atoms with Crippen LogP contribution in [-0.2, 0) is 34.7 Å². The van der Waals surface area contributed by atoms with Crippen LogP contribution in [0.15, 0.2) is 84.9 Å². The molecule has 0 N–H and O–H groups in total. The summed E-state index contributed by atoms with van der Waals surface area (Å²) >= 11 is 0. The van der Waals surface area contributed by atoms with E-state index in [9.17, 15) is 0 Å². The fourth-order valence-electron chi connectivity index (χ4n) is 7.41. The number of amides is 2. The van der Waals surface area contributed by atoms with Gasteiger partial charge in [0.15, 0.2) is 0 Å². The third-order valence-corrected chi connectivity index (χ3v) is 12.1. The number of rotatable bonds is 5. The molecule has 2 heterocycles. The quantitative estimate of drug-likeness (QED) is 0.191. The maximum absolute atomic E-state index is 15.5. The van der Waals surface area contributed by atoms with Gasteiger partial charge < -0.3 is 18.8 Å². The molecule has 4 aromatic carbocycles. The van der Waals surface area contributed by atoms with Crippen LogP contribution in [-0.4, -0.2) is 34.6 Å². The molecule has 2 aliphatic rings. The summed E-state index contributed by atoms with van der Waals surface area (Å²) in [7, 11) is 2.50. The molecule has 0 unspecified atom stereocenters. The second-order valence-electron chi connectivity index (χ2n) is 19.6. The lowest BCUT2D eigenvalue weighted by molar-refractivity contribution is 0.180. The Labute approximate surface area is 326 Å². The van der Waals surface area contributed by atoms with E-state index in [-0.39, 0.29) is 39.8 Å². The first-order chi connectivity index (χ1) is 25.0. The molecule has 1 saturated heterocycles. The molecule has 288 valence electrons. The Hall–Kier alpha value is -3.86. The highest BCUT2D eigenvalue weighted by Gasteiger charge is 2.50. The van der Waals surface area contributed by atoms with Crippen molar-refractivity contribution in [1.82, 2.24) is 14.5 Å². The normalized spacial score (nSPS) is 18.3. The second-order valence-corrected chi connectivity index (χ2v) is 21.2. The van der Waals surface area contributed by atoms with Crippen molar-refractivity contribution >= 4 is 14.6 Å². The lowest BCUT2D eigenvalue weighted by Crippen LogP contribution is -2.33. The number of fused-ring (bicyclic) bond motifs is 5. The van der Waals surface area contributed by atoms with Gasteiger partial charge in [0.1, 0.15) is 11.5 Å². The Kier molecular flexibility index (Phi) is 10.6. The monoisotopic (exact) mass is 747 g/mol. The first kappa shape index (κ1) is 39.8. The number of hydrogen-bond donors (Lipinski definition) is 0. The fraction of sp³-hybridized carbons (Fsp3) is 0.468. The van der Waals surface area contributed by atoms with Gasteiger partial charge in [0.2, 0.25) is 0 Å². The van der Waals surface area contributed by atoms with Crippen LogP contribution in [0.2, 0.25) is 0 Å². The van der Waals surface area contributed by atoms with Crippen LogP contribution < -0.4 is 9.05 Å². The van der Waals surface area contributed by atoms with Gasteiger partial charge in [-0.1, -0.05) is 156 Å². The summed E-state index contributed by atoms with van der Waals surface area (Å²) in [6.45, 7) is 28.1. The van der Waals surface area contributed by atoms with E-state index in [0.717, 1.165) is 33.8 Å². The molecule has 0 radical (unpaired) electrons. The minimum Gasteiger partial charge on any atom is -0.427 e. The average Bonchev–Trinajstić information content (AvgIpc) is 3.35. The standard InChI is InChI=1S/C47H62N3O3P/c1-44(2,3)33-23-31(24-34(27-33)45(4,5)6)29-49-41-37-19-15-17-21-39(37)52-54(48(13)14)53-40-22-18-16-20-38(40)42(41)50(43(49)51)30-32-25-35(46(7,8)9)28-36(26-32)47(10,11)12/h15-28,41-42H,29-30H2,1-14H3/t41-,42-/m1/s1. The predicted octanol–water partition coefficient (Wildman–Crippen LogP) is 12.4. The summed E-state index contributed by atoms with van der Waals surface area (Å²) in [6.07, 6.45) is 0. The van der Waals surface area contributed by atoms with Crippen molar-refractivity contribution in [2.24, 2.45) is 0 Å². The molecule has 0 spiro atoms. The Morgan fingerprint density at radius 3 is 1.15 bits per heavy atom. The highest BCUT2D eigenvalue weighted by Crippen LogP contribution is 2.56. The largest absolute Gasteiger partial charge is 0.427 e. The van der Waals surface area contributed by atoms with E-state index in [2.05, 4.69) is 154 Å². The Balaban J connectivity index is 1.59. The molecule has 6 nitrogen and oxygen atoms in total. The molecule has 7 heteroatoms. The van der Waals surface area contributed by atoms with Crippen molar-refractivity contribution in [2.45, 2.75) is 130 Å². The van der Waals surface area contributed by atoms with Crippen LogP contribution in [0.1, 0.15) is 140 Å². The number of para-hydroxylation sites is 2. The third-order valence-electron chi connectivity index (χ3n) is 10.8. The van der Waals surface area contributed by atoms with Gasteiger partial charge in [-0.15, -0.1) is 0 Å². The lowest BCUT2D eigenvalue weighted by atomic mass is 9.79. The number of carbonyl (C=O) groups excluding carboxylic acids is 1. The van der Waals surface area contributed by atoms with Crippen molar-refractivity contribution in [3.63, 3.8) is 0 Å². The number of nitrogens with zero attached hydrogens (tertiary/aromatic N) is 3. The van der Waals surface area contributed by atoms with E-state index in [1.54, 1.807) is 0 Å². The molecule has 54 heavy (non-hydrogen) atoms. The highest BCUT2D eigenvalue weighted by atomic mass is 31.2. The fourth-order valence-corrected chi connectivity index (χ4v) is 8.44. The van der Waals surface area contributed by atoms with Crippen LogP contribution >= 0.6 is 8.53 Å². The summed E-state index contributed by atoms with van der Waals surface area (Å²) < 4.78 is 15.6. The number of hydrogen-bond acceptors (Lipinski definition) is 4. The summed E-state index contributed by atoms with van der Waals surface area (Å²) in [5.74, 6) is 1.48. The summed E-state index contributed by atoms with van der Waals surface area (Å²) in [5, 5.41) is 0. The van der Waals surface area contributed by atoms with Crippen molar-refractivity contribution in [3.8, 4) is 11.5 Å². The smallest absolute Gasteiger partial charge is 0.384 e. The first-order valence-electron chi connectivity index (χ1n) is 19.4. The molecule has 2 atom stereocenters. The molecule has 0 aromatic heterocycles. The van der Waals surface area contributed by atoms with Crippen molar-refractivity contribution in [3.05, 3.63) is 129 Å². The van der Waals surface area contributed by atoms with Gasteiger partial charge in [-0.25, -0.2) is 9.46 Å². The summed E-state index contributed by atoms with van der Waals surface area (Å²) in [6, 6.07) is 29.7. The van der Waals surface area contributed by atoms with Gasteiger partial charge in [0.25, 0.3) is 0 Å². The van der Waals surface area contributed by atoms with Crippen LogP contribution in [0, 0.1) is 0 Å². The van der Waals surface area contributed by atoms with Crippen LogP contribution in [0.4, 0.5) is 4.79 Å². The summed E-state index contributed by atoms with van der Waals surface area (Å²) in [4.78, 5) is 19.7. The maximum Gasteiger partial charge on any atom is 0.384 e. The highest BCUT2D eigenvalue weighted by molar-refractivity contribution is 7.45. The van der Waals surface area contributed by atoms with Gasteiger partial charge in [-0.3, -0.25) is 0 Å². The molecule has 4 aromatic rings. The summed E-state index contributed by atoms with van der Waals surface area (Å²) in [5.41, 5.74) is 9.08. The lowest BCUT2D eigenvalue weighted by Gasteiger charge is -2.31. The number of benzene rings is 4. The Bertz CT molecular complexity index is 1810. The van der Waals surface area contributed by atoms with Crippen LogP contribution in [0.3, 0.4) is 0 Å². The average molecular weight is 748 g/mol. The van der Waals surface area contributed by atoms with E-state index < -0.39 is 8.53 Å². The Morgan fingerprint density at radius 2 is 0.852 bits per heavy atom. The second kappa shape index (κ2) is 14.3. The number of carbonyl (C=O) groups is 1. The minimum atomic E-state index is -1.48. The topological polar surface area (TPSA) is 45.3 Å². The predicted molar refractivity (Wildman–Crippen MR) is 224 cm³/mol. The van der Waals surface area contributed by atoms with E-state index in [1.165, 1.54) is 22.3 Å². The van der Waals surface area contributed by atoms with E-state index in [0.29, 0.717) is 13.1 Å². The SMILES string of the molecule is CN(C)P1Oc2ccccc2[C@@H]2[C@@H](c3ccccc3O1)N(Cc1cc(C(C)(C)C)cc(C(C)(C)C)c1)C(=O)N2Cc1cc(C(C)(C)C)cc(C(C)(C)C)c1. The third kappa shape index (κ3) is 8.21. The van der Waals surface area contributed by atoms with Crippen molar-refractivity contribution in [2.75, 3.05) is 14.1 Å². The molecule has 0 bridgehead atoms. The molecule has 2 amide bonds. The zero-order chi connectivity index (χ0) is 39.5. The molecule has 0 saturated carbocycles. The van der Waals surface area contributed by atoms with E-state index >= 15 is 4.79 Å². The zero-order valence-electron chi connectivity index (χ0n) is 35.2. The molecular formula is C47H62N3O3P. The van der Waals surface area contributed by atoms with Gasteiger partial charge in [0, 0.05) is 24.2 Å². The maximum atomic E-state index is 15.5. The van der Waals surface area contributed by atoms with Crippen LogP contribution in [0.5, 0.6) is 11.5 Å². The number of urea groups is 1. The van der Waals surface area contributed by atoms with Gasteiger partial charge in [-0.2, -0.15) is 0 Å². The molecule has 0 aliphatic carbocycles. The van der Waals surface area contributed by atoms with Gasteiger partial charge in [-0.05, 0) is 81.3 Å². The van der Waals surface area contributed by atoms with Crippen molar-refractivity contribution in [1.29, 1.82) is 0 Å². The van der Waals surface area contributed by atoms with Gasteiger partial charge >= 0.3 is 14.6 Å². The molecule has 1 fully saturated rings. The molecule has 6 rings (SSSR count). The van der Waals surface area contributed by atoms with E-state index in [4.69, 9.17) is 9.05 Å². The molecular weight excluding hydrogens is 686 g/mol. The minimum absolute atomic E-state index is 0.00185. The van der Waals surface area contributed by atoms with E-state index in [1.807, 2.05) is 43.0 Å². The first-order valence-corrected chi connectivity index (χ1v) is 20.5.